The van der Waals surface area contributed by atoms with Gasteiger partial charge in [-0.3, -0.25) is 4.98 Å². The van der Waals surface area contributed by atoms with E-state index >= 15 is 0 Å². The van der Waals surface area contributed by atoms with Crippen molar-refractivity contribution < 1.29 is 4.74 Å². The molecule has 6 nitrogen and oxygen atoms in total. The Hall–Kier alpha value is -3.45. The molecule has 7 heteroatoms. The van der Waals surface area contributed by atoms with Crippen LogP contribution < -0.4 is 10.1 Å². The van der Waals surface area contributed by atoms with Crippen LogP contribution in [0.3, 0.4) is 0 Å². The molecule has 6 rings (SSSR count). The van der Waals surface area contributed by atoms with Crippen LogP contribution >= 0.6 is 15.9 Å². The van der Waals surface area contributed by atoms with Gasteiger partial charge in [-0.25, -0.2) is 4.68 Å². The molecule has 0 saturated heterocycles. The van der Waals surface area contributed by atoms with Crippen LogP contribution in [0.25, 0.3) is 5.70 Å². The normalized spacial score (nSPS) is 19.0. The second-order valence-corrected chi connectivity index (χ2v) is 8.64. The first-order valence-corrected chi connectivity index (χ1v) is 10.8. The first-order valence-electron chi connectivity index (χ1n) is 10.0. The van der Waals surface area contributed by atoms with Gasteiger partial charge < -0.3 is 10.1 Å². The number of benzene rings is 2. The molecule has 2 aromatic heterocycles. The Labute approximate surface area is 187 Å². The second kappa shape index (κ2) is 7.06. The quantitative estimate of drug-likeness (QED) is 0.429. The van der Waals surface area contributed by atoms with Crippen LogP contribution in [-0.2, 0) is 0 Å². The van der Waals surface area contributed by atoms with Gasteiger partial charge in [-0.15, -0.1) is 0 Å². The highest BCUT2D eigenvalue weighted by Crippen LogP contribution is 2.50. The van der Waals surface area contributed by atoms with Crippen molar-refractivity contribution in [1.29, 1.82) is 0 Å². The number of hydrogen-bond acceptors (Lipinski definition) is 5. The van der Waals surface area contributed by atoms with Gasteiger partial charge in [-0.2, -0.15) is 10.1 Å². The largest absolute Gasteiger partial charge is 0.480 e. The second-order valence-electron chi connectivity index (χ2n) is 7.72. The average Bonchev–Trinajstić information content (AvgIpc) is 3.26. The summed E-state index contributed by atoms with van der Waals surface area (Å²) in [6.07, 6.45) is 4.95. The molecule has 2 aliphatic heterocycles. The number of halogens is 1. The minimum atomic E-state index is -0.294. The predicted molar refractivity (Wildman–Crippen MR) is 122 cm³/mol. The van der Waals surface area contributed by atoms with Gasteiger partial charge in [0.25, 0.3) is 0 Å². The molecule has 0 bridgehead atoms. The van der Waals surface area contributed by atoms with Crippen molar-refractivity contribution in [1.82, 2.24) is 19.7 Å². The van der Waals surface area contributed by atoms with Crippen LogP contribution in [0.5, 0.6) is 5.75 Å². The van der Waals surface area contributed by atoms with Gasteiger partial charge in [-0.05, 0) is 48.4 Å². The maximum absolute atomic E-state index is 6.64. The van der Waals surface area contributed by atoms with E-state index in [0.717, 1.165) is 38.2 Å². The monoisotopic (exact) mass is 471 g/mol. The third kappa shape index (κ3) is 2.96. The lowest BCUT2D eigenvalue weighted by Crippen LogP contribution is -2.32. The molecule has 0 unspecified atom stereocenters. The number of fused-ring (bicyclic) bond motifs is 3. The first-order chi connectivity index (χ1) is 15.2. The molecule has 0 saturated carbocycles. The lowest BCUT2D eigenvalue weighted by Gasteiger charge is -2.39. The van der Waals surface area contributed by atoms with Gasteiger partial charge in [0.15, 0.2) is 0 Å². The number of aromatic nitrogens is 4. The van der Waals surface area contributed by atoms with E-state index in [9.17, 15) is 0 Å². The molecule has 4 aromatic rings. The van der Waals surface area contributed by atoms with Crippen molar-refractivity contribution in [2.45, 2.75) is 19.1 Å². The van der Waals surface area contributed by atoms with Gasteiger partial charge in [0, 0.05) is 28.0 Å². The van der Waals surface area contributed by atoms with Crippen molar-refractivity contribution in [3.05, 3.63) is 106 Å². The minimum Gasteiger partial charge on any atom is -0.480 e. The molecule has 0 spiro atoms. The Bertz CT molecular complexity index is 1330. The van der Waals surface area contributed by atoms with Crippen LogP contribution in [-0.4, -0.2) is 19.7 Å². The molecule has 0 radical (unpaired) electrons. The van der Waals surface area contributed by atoms with Crippen molar-refractivity contribution >= 4 is 27.6 Å². The highest BCUT2D eigenvalue weighted by Gasteiger charge is 2.41. The summed E-state index contributed by atoms with van der Waals surface area (Å²) in [6, 6.07) is 18.3. The van der Waals surface area contributed by atoms with Gasteiger partial charge in [0.2, 0.25) is 5.95 Å². The topological polar surface area (TPSA) is 64.9 Å². The van der Waals surface area contributed by atoms with E-state index in [-0.39, 0.29) is 12.1 Å². The molecule has 0 amide bonds. The molecule has 31 heavy (non-hydrogen) atoms. The zero-order valence-corrected chi connectivity index (χ0v) is 18.2. The molecule has 2 aromatic carbocycles. The lowest BCUT2D eigenvalue weighted by molar-refractivity contribution is 0.223. The van der Waals surface area contributed by atoms with Gasteiger partial charge in [0.05, 0.1) is 5.70 Å². The Balaban J connectivity index is 1.65. The molecular formula is C24H18BrN5O. The van der Waals surface area contributed by atoms with E-state index in [1.165, 1.54) is 5.56 Å². The number of aryl methyl sites for hydroxylation is 1. The summed E-state index contributed by atoms with van der Waals surface area (Å²) >= 11 is 3.61. The summed E-state index contributed by atoms with van der Waals surface area (Å²) in [5.74, 6) is 1.55. The molecule has 0 aliphatic carbocycles. The summed E-state index contributed by atoms with van der Waals surface area (Å²) < 4.78 is 9.56. The Morgan fingerprint density at radius 2 is 1.97 bits per heavy atom. The number of ether oxygens (including phenoxy) is 1. The summed E-state index contributed by atoms with van der Waals surface area (Å²) in [6.45, 7) is 2.09. The molecular weight excluding hydrogens is 454 g/mol. The highest BCUT2D eigenvalue weighted by atomic mass is 79.9. The summed E-state index contributed by atoms with van der Waals surface area (Å²) in [5.41, 5.74) is 6.40. The van der Waals surface area contributed by atoms with E-state index in [0.29, 0.717) is 5.95 Å². The Morgan fingerprint density at radius 3 is 2.81 bits per heavy atom. The van der Waals surface area contributed by atoms with Gasteiger partial charge >= 0.3 is 0 Å². The average molecular weight is 472 g/mol. The highest BCUT2D eigenvalue weighted by molar-refractivity contribution is 9.10. The van der Waals surface area contributed by atoms with Crippen LogP contribution in [0, 0.1) is 6.92 Å². The maximum atomic E-state index is 6.64. The van der Waals surface area contributed by atoms with E-state index in [1.54, 1.807) is 12.5 Å². The fraction of sp³-hybridized carbons (Fsp3) is 0.125. The first kappa shape index (κ1) is 18.3. The number of rotatable bonds is 2. The molecule has 0 fully saturated rings. The standard InChI is InChI=1S/C24H18BrN5O/c1-14-7-8-19-18(10-14)21-20(23(31-19)15-4-2-6-17(25)11-15)22(16-5-3-9-26-12-16)30-24(29-21)27-13-28-30/h2-13,22-23H,1H3,(H,27,28,29)/t22-,23-/m1/s1. The van der Waals surface area contributed by atoms with E-state index in [1.807, 2.05) is 35.1 Å². The third-order valence-electron chi connectivity index (χ3n) is 5.72. The smallest absolute Gasteiger partial charge is 0.226 e. The Morgan fingerprint density at radius 1 is 1.06 bits per heavy atom. The number of nitrogens with zero attached hydrogens (tertiary/aromatic N) is 4. The molecule has 1 N–H and O–H groups in total. The van der Waals surface area contributed by atoms with Gasteiger partial charge in [-0.1, -0.05) is 45.8 Å². The zero-order chi connectivity index (χ0) is 20.9. The van der Waals surface area contributed by atoms with Crippen molar-refractivity contribution in [3.63, 3.8) is 0 Å². The number of nitrogens with one attached hydrogen (secondary N) is 1. The number of hydrogen-bond donors (Lipinski definition) is 1. The Kier molecular flexibility index (Phi) is 4.17. The van der Waals surface area contributed by atoms with Gasteiger partial charge in [0.1, 0.15) is 24.2 Å². The van der Waals surface area contributed by atoms with Crippen molar-refractivity contribution in [2.24, 2.45) is 0 Å². The third-order valence-corrected chi connectivity index (χ3v) is 6.21. The lowest BCUT2D eigenvalue weighted by atomic mass is 9.85. The molecule has 152 valence electrons. The molecule has 2 aliphatic rings. The van der Waals surface area contributed by atoms with Crippen LogP contribution in [0.15, 0.2) is 83.4 Å². The molecule has 2 atom stereocenters. The van der Waals surface area contributed by atoms with Crippen LogP contribution in [0.1, 0.15) is 34.4 Å². The number of anilines is 1. The van der Waals surface area contributed by atoms with Crippen LogP contribution in [0.2, 0.25) is 0 Å². The number of pyridine rings is 1. The van der Waals surface area contributed by atoms with E-state index in [2.05, 4.69) is 73.6 Å². The fourth-order valence-electron chi connectivity index (χ4n) is 4.39. The maximum Gasteiger partial charge on any atom is 0.226 e. The summed E-state index contributed by atoms with van der Waals surface area (Å²) in [5, 5.41) is 8.07. The van der Waals surface area contributed by atoms with Crippen molar-refractivity contribution in [2.75, 3.05) is 5.32 Å². The zero-order valence-electron chi connectivity index (χ0n) is 16.7. The van der Waals surface area contributed by atoms with E-state index in [4.69, 9.17) is 4.74 Å². The minimum absolute atomic E-state index is 0.194. The molecule has 4 heterocycles. The predicted octanol–water partition coefficient (Wildman–Crippen LogP) is 5.30. The van der Waals surface area contributed by atoms with Crippen molar-refractivity contribution in [3.8, 4) is 5.75 Å². The summed E-state index contributed by atoms with van der Waals surface area (Å²) in [4.78, 5) is 8.84. The fourth-order valence-corrected chi connectivity index (χ4v) is 4.80. The summed E-state index contributed by atoms with van der Waals surface area (Å²) in [7, 11) is 0. The van der Waals surface area contributed by atoms with Crippen LogP contribution in [0.4, 0.5) is 5.95 Å². The van der Waals surface area contributed by atoms with E-state index < -0.39 is 0 Å². The SMILES string of the molecule is Cc1ccc2c(c1)C1=C([C@@H](c3cccc(Br)c3)O2)[C@@H](c2cccnc2)n2ncnc2N1.